The molecule has 4 unspecified atom stereocenters. The lowest BCUT2D eigenvalue weighted by molar-refractivity contribution is 0.0909. The number of fused-ring (bicyclic) bond motifs is 2. The fraction of sp³-hybridized carbons (Fsp3) is 0.692. The number of aromatic nitrogens is 2. The van der Waals surface area contributed by atoms with Crippen LogP contribution in [-0.4, -0.2) is 22.1 Å². The monoisotopic (exact) mass is 389 g/mol. The van der Waals surface area contributed by atoms with Crippen molar-refractivity contribution in [1.29, 1.82) is 0 Å². The van der Waals surface area contributed by atoms with E-state index in [0.29, 0.717) is 20.7 Å². The molecule has 1 amide bonds. The smallest absolute Gasteiger partial charge is 0.273 e. The second-order valence-corrected chi connectivity index (χ2v) is 7.39. The van der Waals surface area contributed by atoms with Crippen LogP contribution in [0.4, 0.5) is 0 Å². The van der Waals surface area contributed by atoms with E-state index >= 15 is 0 Å². The molecule has 1 heterocycles. The maximum absolute atomic E-state index is 12.2. The average molecular weight is 391 g/mol. The van der Waals surface area contributed by atoms with E-state index in [1.54, 1.807) is 0 Å². The molecule has 0 aliphatic heterocycles. The number of carbonyl (C=O) groups is 1. The molecule has 6 heteroatoms. The van der Waals surface area contributed by atoms with Crippen LogP contribution in [0.1, 0.15) is 43.1 Å². The molecule has 3 rings (SSSR count). The molecular formula is C13H17Br2N3O. The second kappa shape index (κ2) is 5.20. The minimum absolute atomic E-state index is 0.107. The zero-order valence-corrected chi connectivity index (χ0v) is 13.9. The summed E-state index contributed by atoms with van der Waals surface area (Å²) in [5.41, 5.74) is 0.418. The first-order valence-electron chi connectivity index (χ1n) is 6.76. The number of carbonyl (C=O) groups excluding carboxylic acids is 1. The molecule has 0 spiro atoms. The zero-order chi connectivity index (χ0) is 13.6. The molecule has 0 aromatic carbocycles. The fourth-order valence-corrected chi connectivity index (χ4v) is 4.38. The van der Waals surface area contributed by atoms with E-state index in [9.17, 15) is 4.79 Å². The van der Waals surface area contributed by atoms with Crippen molar-refractivity contribution < 1.29 is 4.79 Å². The first-order valence-corrected chi connectivity index (χ1v) is 8.35. The number of hydrogen-bond donors (Lipinski definition) is 2. The molecule has 2 aliphatic rings. The Morgan fingerprint density at radius 2 is 2.21 bits per heavy atom. The van der Waals surface area contributed by atoms with Gasteiger partial charge in [-0.1, -0.05) is 6.42 Å². The van der Waals surface area contributed by atoms with Crippen LogP contribution in [0.2, 0.25) is 0 Å². The van der Waals surface area contributed by atoms with E-state index in [1.165, 1.54) is 25.7 Å². The average Bonchev–Trinajstić information content (AvgIpc) is 3.06. The van der Waals surface area contributed by atoms with Crippen molar-refractivity contribution in [3.63, 3.8) is 0 Å². The first kappa shape index (κ1) is 13.6. The summed E-state index contributed by atoms with van der Waals surface area (Å²) in [6, 6.07) is 0.227. The summed E-state index contributed by atoms with van der Waals surface area (Å²) in [6.45, 7) is 2.12. The van der Waals surface area contributed by atoms with Crippen molar-refractivity contribution in [1.82, 2.24) is 15.5 Å². The SMILES string of the molecule is CC(NC(=O)c1n[nH]c(Br)c1Br)C1CC2CCC1C2. The van der Waals surface area contributed by atoms with Crippen molar-refractivity contribution in [2.75, 3.05) is 0 Å². The fourth-order valence-electron chi connectivity index (χ4n) is 3.75. The van der Waals surface area contributed by atoms with E-state index in [1.807, 2.05) is 0 Å². The number of H-pyrrole nitrogens is 1. The van der Waals surface area contributed by atoms with Gasteiger partial charge < -0.3 is 5.32 Å². The molecular weight excluding hydrogens is 374 g/mol. The standard InChI is InChI=1S/C13H17Br2N3O/c1-6(9-5-7-2-3-8(9)4-7)16-13(19)11-10(14)12(15)18-17-11/h6-9H,2-5H2,1H3,(H,16,19)(H,17,18). The summed E-state index contributed by atoms with van der Waals surface area (Å²) in [5.74, 6) is 2.25. The predicted molar refractivity (Wildman–Crippen MR) is 79.9 cm³/mol. The van der Waals surface area contributed by atoms with Gasteiger partial charge in [0.2, 0.25) is 0 Å². The van der Waals surface area contributed by atoms with Crippen LogP contribution in [-0.2, 0) is 0 Å². The van der Waals surface area contributed by atoms with Crippen LogP contribution in [0, 0.1) is 17.8 Å². The van der Waals surface area contributed by atoms with Gasteiger partial charge in [0.15, 0.2) is 5.69 Å². The van der Waals surface area contributed by atoms with Crippen molar-refractivity contribution >= 4 is 37.8 Å². The molecule has 1 aromatic heterocycles. The minimum atomic E-state index is -0.107. The molecule has 19 heavy (non-hydrogen) atoms. The van der Waals surface area contributed by atoms with Gasteiger partial charge in [-0.25, -0.2) is 0 Å². The molecule has 2 aliphatic carbocycles. The molecule has 2 fully saturated rings. The number of halogens is 2. The number of rotatable bonds is 3. The third-order valence-electron chi connectivity index (χ3n) is 4.68. The van der Waals surface area contributed by atoms with Gasteiger partial charge in [-0.15, -0.1) is 0 Å². The van der Waals surface area contributed by atoms with E-state index in [4.69, 9.17) is 0 Å². The summed E-state index contributed by atoms with van der Waals surface area (Å²) in [7, 11) is 0. The van der Waals surface area contributed by atoms with Gasteiger partial charge in [0.1, 0.15) is 4.60 Å². The Morgan fingerprint density at radius 1 is 1.42 bits per heavy atom. The molecule has 0 saturated heterocycles. The molecule has 1 aromatic rings. The van der Waals surface area contributed by atoms with Gasteiger partial charge in [0, 0.05) is 6.04 Å². The number of aromatic amines is 1. The Kier molecular flexibility index (Phi) is 3.73. The molecule has 2 bridgehead atoms. The predicted octanol–water partition coefficient (Wildman–Crippen LogP) is 3.49. The van der Waals surface area contributed by atoms with Crippen molar-refractivity contribution in [3.05, 3.63) is 14.8 Å². The second-order valence-electron chi connectivity index (χ2n) is 5.80. The van der Waals surface area contributed by atoms with Crippen LogP contribution in [0.3, 0.4) is 0 Å². The Hall–Kier alpha value is -0.360. The normalized spacial score (nSPS) is 30.6. The minimum Gasteiger partial charge on any atom is -0.348 e. The van der Waals surface area contributed by atoms with E-state index in [2.05, 4.69) is 54.3 Å². The number of amides is 1. The Morgan fingerprint density at radius 3 is 2.74 bits per heavy atom. The van der Waals surface area contributed by atoms with Gasteiger partial charge in [-0.2, -0.15) is 5.10 Å². The maximum atomic E-state index is 12.2. The highest BCUT2D eigenvalue weighted by atomic mass is 79.9. The highest BCUT2D eigenvalue weighted by Crippen LogP contribution is 2.49. The van der Waals surface area contributed by atoms with Crippen molar-refractivity contribution in [2.45, 2.75) is 38.6 Å². The first-order chi connectivity index (χ1) is 9.06. The Bertz CT molecular complexity index is 502. The van der Waals surface area contributed by atoms with Crippen LogP contribution in [0.15, 0.2) is 9.08 Å². The molecule has 0 radical (unpaired) electrons. The summed E-state index contributed by atoms with van der Waals surface area (Å²) in [5, 5.41) is 9.86. The van der Waals surface area contributed by atoms with E-state index < -0.39 is 0 Å². The van der Waals surface area contributed by atoms with Crippen molar-refractivity contribution in [2.24, 2.45) is 17.8 Å². The molecule has 4 nitrogen and oxygen atoms in total. The third-order valence-corrected chi connectivity index (χ3v) is 6.55. The highest BCUT2D eigenvalue weighted by molar-refractivity contribution is 9.13. The zero-order valence-electron chi connectivity index (χ0n) is 10.7. The van der Waals surface area contributed by atoms with Crippen molar-refractivity contribution in [3.8, 4) is 0 Å². The highest BCUT2D eigenvalue weighted by Gasteiger charge is 2.42. The lowest BCUT2D eigenvalue weighted by atomic mass is 9.84. The molecule has 4 atom stereocenters. The van der Waals surface area contributed by atoms with E-state index in [-0.39, 0.29) is 11.9 Å². The number of nitrogens with zero attached hydrogens (tertiary/aromatic N) is 1. The summed E-state index contributed by atoms with van der Waals surface area (Å²) < 4.78 is 1.38. The van der Waals surface area contributed by atoms with Crippen LogP contribution < -0.4 is 5.32 Å². The lowest BCUT2D eigenvalue weighted by Gasteiger charge is -2.28. The van der Waals surface area contributed by atoms with Gasteiger partial charge >= 0.3 is 0 Å². The Balaban J connectivity index is 1.65. The van der Waals surface area contributed by atoms with Gasteiger partial charge in [-0.05, 0) is 75.8 Å². The topological polar surface area (TPSA) is 57.8 Å². The summed E-state index contributed by atoms with van der Waals surface area (Å²) >= 11 is 6.65. The van der Waals surface area contributed by atoms with Crippen LogP contribution >= 0.6 is 31.9 Å². The largest absolute Gasteiger partial charge is 0.348 e. The third kappa shape index (κ3) is 2.49. The van der Waals surface area contributed by atoms with Crippen LogP contribution in [0.5, 0.6) is 0 Å². The Labute approximate surface area is 129 Å². The summed E-state index contributed by atoms with van der Waals surface area (Å²) in [6.07, 6.45) is 5.37. The lowest BCUT2D eigenvalue weighted by Crippen LogP contribution is -2.40. The van der Waals surface area contributed by atoms with Crippen LogP contribution in [0.25, 0.3) is 0 Å². The number of hydrogen-bond acceptors (Lipinski definition) is 2. The van der Waals surface area contributed by atoms with Gasteiger partial charge in [-0.3, -0.25) is 9.89 Å². The molecule has 2 saturated carbocycles. The van der Waals surface area contributed by atoms with Gasteiger partial charge in [0.25, 0.3) is 5.91 Å². The summed E-state index contributed by atoms with van der Waals surface area (Å²) in [4.78, 5) is 12.2. The number of nitrogens with one attached hydrogen (secondary N) is 2. The quantitative estimate of drug-likeness (QED) is 0.829. The van der Waals surface area contributed by atoms with Gasteiger partial charge in [0.05, 0.1) is 4.47 Å². The van der Waals surface area contributed by atoms with E-state index in [0.717, 1.165) is 11.8 Å². The molecule has 2 N–H and O–H groups in total. The molecule has 104 valence electrons. The maximum Gasteiger partial charge on any atom is 0.273 e.